The fourth-order valence-electron chi connectivity index (χ4n) is 3.56. The van der Waals surface area contributed by atoms with Gasteiger partial charge in [-0.1, -0.05) is 25.4 Å². The lowest BCUT2D eigenvalue weighted by molar-refractivity contribution is 0.102. The molecule has 5 nitrogen and oxygen atoms in total. The minimum atomic E-state index is -3.87. The average Bonchev–Trinajstić information content (AvgIpc) is 2.64. The Balaban J connectivity index is 1.89. The summed E-state index contributed by atoms with van der Waals surface area (Å²) in [6.45, 7) is 4.71. The van der Waals surface area contributed by atoms with Crippen molar-refractivity contribution in [3.05, 3.63) is 58.6 Å². The van der Waals surface area contributed by atoms with Gasteiger partial charge in [0.2, 0.25) is 10.0 Å². The fraction of sp³-hybridized carbons (Fsp3) is 0.350. The van der Waals surface area contributed by atoms with Crippen LogP contribution in [-0.2, 0) is 10.0 Å². The van der Waals surface area contributed by atoms with Gasteiger partial charge >= 0.3 is 0 Å². The van der Waals surface area contributed by atoms with Gasteiger partial charge in [0.25, 0.3) is 5.91 Å². The maximum absolute atomic E-state index is 14.3. The van der Waals surface area contributed by atoms with Crippen LogP contribution in [0, 0.1) is 23.5 Å². The second kappa shape index (κ2) is 8.38. The quantitative estimate of drug-likeness (QED) is 0.756. The molecule has 1 saturated heterocycles. The van der Waals surface area contributed by atoms with Gasteiger partial charge in [-0.05, 0) is 54.7 Å². The van der Waals surface area contributed by atoms with Gasteiger partial charge in [0.1, 0.15) is 11.6 Å². The van der Waals surface area contributed by atoms with Crippen molar-refractivity contribution >= 4 is 33.2 Å². The largest absolute Gasteiger partial charge is 0.322 e. The van der Waals surface area contributed by atoms with E-state index in [4.69, 9.17) is 11.6 Å². The highest BCUT2D eigenvalue weighted by Gasteiger charge is 2.32. The van der Waals surface area contributed by atoms with Crippen LogP contribution in [0.4, 0.5) is 14.5 Å². The smallest absolute Gasteiger partial charge is 0.258 e. The number of halogens is 3. The van der Waals surface area contributed by atoms with E-state index in [-0.39, 0.29) is 27.4 Å². The van der Waals surface area contributed by atoms with Gasteiger partial charge < -0.3 is 5.32 Å². The molecule has 1 heterocycles. The van der Waals surface area contributed by atoms with Crippen LogP contribution in [-0.4, -0.2) is 31.7 Å². The number of nitrogens with one attached hydrogen (secondary N) is 1. The number of hydrogen-bond acceptors (Lipinski definition) is 3. The Bertz CT molecular complexity index is 1040. The lowest BCUT2D eigenvalue weighted by Crippen LogP contribution is -2.42. The summed E-state index contributed by atoms with van der Waals surface area (Å²) in [5.74, 6) is -1.97. The minimum absolute atomic E-state index is 0.150. The molecule has 0 spiro atoms. The predicted molar refractivity (Wildman–Crippen MR) is 107 cm³/mol. The molecule has 3 rings (SSSR count). The molecule has 9 heteroatoms. The predicted octanol–water partition coefficient (Wildman–Crippen LogP) is 4.54. The molecule has 0 radical (unpaired) electrons. The molecule has 156 valence electrons. The molecular formula is C20H21ClF2N2O3S. The summed E-state index contributed by atoms with van der Waals surface area (Å²) in [4.78, 5) is 12.3. The first-order valence-electron chi connectivity index (χ1n) is 9.14. The first kappa shape index (κ1) is 21.7. The van der Waals surface area contributed by atoms with Gasteiger partial charge in [-0.3, -0.25) is 4.79 Å². The lowest BCUT2D eigenvalue weighted by Gasteiger charge is -2.34. The third-order valence-corrected chi connectivity index (χ3v) is 6.95. The standard InChI is InChI=1S/C20H21ClF2N2O3S/c1-12-7-13(2)11-25(10-12)29(27,28)15-4-6-18(22)16(9-15)20(26)24-14-3-5-19(23)17(21)8-14/h3-6,8-9,12-13H,7,10-11H2,1-2H3,(H,24,26)/t12-,13+. The van der Waals surface area contributed by atoms with Gasteiger partial charge in [0.15, 0.2) is 0 Å². The number of carbonyl (C=O) groups excluding carboxylic acids is 1. The Kier molecular flexibility index (Phi) is 6.26. The van der Waals surface area contributed by atoms with Gasteiger partial charge in [-0.25, -0.2) is 17.2 Å². The van der Waals surface area contributed by atoms with E-state index in [1.807, 2.05) is 13.8 Å². The molecule has 1 aliphatic rings. The summed E-state index contributed by atoms with van der Waals surface area (Å²) in [6.07, 6.45) is 0.934. The van der Waals surface area contributed by atoms with Crippen molar-refractivity contribution in [3.63, 3.8) is 0 Å². The molecule has 1 amide bonds. The Morgan fingerprint density at radius 2 is 1.69 bits per heavy atom. The maximum atomic E-state index is 14.3. The normalized spacial score (nSPS) is 20.4. The molecule has 1 aliphatic heterocycles. The third kappa shape index (κ3) is 4.76. The summed E-state index contributed by atoms with van der Waals surface area (Å²) in [6, 6.07) is 6.65. The molecule has 0 aliphatic carbocycles. The van der Waals surface area contributed by atoms with Crippen LogP contribution in [0.2, 0.25) is 5.02 Å². The second-order valence-corrected chi connectivity index (χ2v) is 9.84. The van der Waals surface area contributed by atoms with E-state index in [0.29, 0.717) is 13.1 Å². The SMILES string of the molecule is C[C@@H]1C[C@H](C)CN(S(=O)(=O)c2ccc(F)c(C(=O)Nc3ccc(F)c(Cl)c3)c2)C1. The Hall–Kier alpha value is -2.03. The van der Waals surface area contributed by atoms with E-state index >= 15 is 0 Å². The lowest BCUT2D eigenvalue weighted by atomic mass is 9.94. The second-order valence-electron chi connectivity index (χ2n) is 7.49. The first-order valence-corrected chi connectivity index (χ1v) is 11.0. The van der Waals surface area contributed by atoms with Crippen molar-refractivity contribution in [2.24, 2.45) is 11.8 Å². The van der Waals surface area contributed by atoms with Gasteiger partial charge in [-0.15, -0.1) is 0 Å². The van der Waals surface area contributed by atoms with Crippen molar-refractivity contribution < 1.29 is 22.0 Å². The van der Waals surface area contributed by atoms with Crippen LogP contribution >= 0.6 is 11.6 Å². The highest BCUT2D eigenvalue weighted by Crippen LogP contribution is 2.28. The average molecular weight is 443 g/mol. The number of nitrogens with zero attached hydrogens (tertiary/aromatic N) is 1. The fourth-order valence-corrected chi connectivity index (χ4v) is 5.45. The summed E-state index contributed by atoms with van der Waals surface area (Å²) in [5, 5.41) is 2.20. The highest BCUT2D eigenvalue weighted by molar-refractivity contribution is 7.89. The molecule has 1 fully saturated rings. The van der Waals surface area contributed by atoms with Crippen LogP contribution in [0.25, 0.3) is 0 Å². The molecule has 0 bridgehead atoms. The minimum Gasteiger partial charge on any atom is -0.322 e. The van der Waals surface area contributed by atoms with E-state index in [1.165, 1.54) is 16.4 Å². The molecular weight excluding hydrogens is 422 g/mol. The van der Waals surface area contributed by atoms with Crippen LogP contribution in [0.5, 0.6) is 0 Å². The topological polar surface area (TPSA) is 66.5 Å². The number of amides is 1. The number of rotatable bonds is 4. The molecule has 0 unspecified atom stereocenters. The molecule has 2 atom stereocenters. The Morgan fingerprint density at radius 3 is 2.31 bits per heavy atom. The highest BCUT2D eigenvalue weighted by atomic mass is 35.5. The zero-order chi connectivity index (χ0) is 21.3. The number of hydrogen-bond donors (Lipinski definition) is 1. The van der Waals surface area contributed by atoms with E-state index < -0.39 is 33.1 Å². The monoisotopic (exact) mass is 442 g/mol. The molecule has 1 N–H and O–H groups in total. The van der Waals surface area contributed by atoms with E-state index in [0.717, 1.165) is 30.7 Å². The van der Waals surface area contributed by atoms with E-state index in [1.54, 1.807) is 0 Å². The van der Waals surface area contributed by atoms with Crippen LogP contribution in [0.15, 0.2) is 41.3 Å². The molecule has 29 heavy (non-hydrogen) atoms. The van der Waals surface area contributed by atoms with Crippen molar-refractivity contribution in [2.75, 3.05) is 18.4 Å². The number of carbonyl (C=O) groups is 1. The van der Waals surface area contributed by atoms with Crippen molar-refractivity contribution in [1.82, 2.24) is 4.31 Å². The first-order chi connectivity index (χ1) is 13.6. The third-order valence-electron chi connectivity index (χ3n) is 4.83. The number of anilines is 1. The Labute approximate surface area is 173 Å². The van der Waals surface area contributed by atoms with E-state index in [2.05, 4.69) is 5.32 Å². The van der Waals surface area contributed by atoms with Gasteiger partial charge in [-0.2, -0.15) is 4.31 Å². The number of sulfonamides is 1. The van der Waals surface area contributed by atoms with E-state index in [9.17, 15) is 22.0 Å². The van der Waals surface area contributed by atoms with Crippen molar-refractivity contribution in [3.8, 4) is 0 Å². The summed E-state index contributed by atoms with van der Waals surface area (Å²) < 4.78 is 54.9. The summed E-state index contributed by atoms with van der Waals surface area (Å²) >= 11 is 5.68. The zero-order valence-corrected chi connectivity index (χ0v) is 17.5. The Morgan fingerprint density at radius 1 is 1.07 bits per heavy atom. The van der Waals surface area contributed by atoms with Gasteiger partial charge in [0, 0.05) is 18.8 Å². The summed E-state index contributed by atoms with van der Waals surface area (Å²) in [7, 11) is -3.87. The van der Waals surface area contributed by atoms with Crippen LogP contribution in [0.1, 0.15) is 30.6 Å². The molecule has 2 aromatic carbocycles. The van der Waals surface area contributed by atoms with Gasteiger partial charge in [0.05, 0.1) is 15.5 Å². The summed E-state index contributed by atoms with van der Waals surface area (Å²) in [5.41, 5.74) is -0.266. The molecule has 0 aromatic heterocycles. The zero-order valence-electron chi connectivity index (χ0n) is 16.0. The molecule has 2 aromatic rings. The van der Waals surface area contributed by atoms with Crippen molar-refractivity contribution in [1.29, 1.82) is 0 Å². The van der Waals surface area contributed by atoms with Crippen LogP contribution < -0.4 is 5.32 Å². The number of piperidine rings is 1. The number of benzene rings is 2. The van der Waals surface area contributed by atoms with Crippen LogP contribution in [0.3, 0.4) is 0 Å². The van der Waals surface area contributed by atoms with Crippen molar-refractivity contribution in [2.45, 2.75) is 25.2 Å². The maximum Gasteiger partial charge on any atom is 0.258 e. The molecule has 0 saturated carbocycles.